The molecule has 1 heterocycles. The normalized spacial score (nSPS) is 14.3. The molecule has 24 heavy (non-hydrogen) atoms. The van der Waals surface area contributed by atoms with Crippen molar-refractivity contribution < 1.29 is 9.47 Å². The first-order valence-corrected chi connectivity index (χ1v) is 8.02. The molecular weight excluding hydrogens is 304 g/mol. The highest BCUT2D eigenvalue weighted by molar-refractivity contribution is 5.49. The Bertz CT molecular complexity index is 636. The Labute approximate surface area is 144 Å². The predicted molar refractivity (Wildman–Crippen MR) is 98.4 cm³/mol. The second kappa shape index (κ2) is 9.08. The molecule has 132 valence electrons. The highest BCUT2D eigenvalue weighted by Gasteiger charge is 2.14. The SMILES string of the molecule is C=C/C(=C(\C=C(/C)C(C)OCC)Oc1cnc(N)nc1N)C(C)C. The Morgan fingerprint density at radius 2 is 2.00 bits per heavy atom. The second-order valence-electron chi connectivity index (χ2n) is 5.74. The van der Waals surface area contributed by atoms with Crippen LogP contribution in [0.3, 0.4) is 0 Å². The third-order valence-corrected chi connectivity index (χ3v) is 3.56. The number of nitrogens with zero attached hydrogens (tertiary/aromatic N) is 2. The van der Waals surface area contributed by atoms with Gasteiger partial charge in [-0.1, -0.05) is 26.5 Å². The van der Waals surface area contributed by atoms with Crippen molar-refractivity contribution in [2.45, 2.75) is 40.7 Å². The average Bonchev–Trinajstić information content (AvgIpc) is 2.50. The lowest BCUT2D eigenvalue weighted by Crippen LogP contribution is -2.12. The number of nitrogens with two attached hydrogens (primary N) is 2. The molecule has 0 aliphatic carbocycles. The summed E-state index contributed by atoms with van der Waals surface area (Å²) in [6.07, 6.45) is 5.16. The molecule has 0 saturated heterocycles. The molecule has 0 radical (unpaired) electrons. The van der Waals surface area contributed by atoms with Gasteiger partial charge in [-0.25, -0.2) is 4.98 Å². The fourth-order valence-corrected chi connectivity index (χ4v) is 2.09. The molecule has 0 aliphatic rings. The molecule has 4 N–H and O–H groups in total. The zero-order chi connectivity index (χ0) is 18.3. The van der Waals surface area contributed by atoms with Gasteiger partial charge in [0.2, 0.25) is 5.95 Å². The molecule has 0 aromatic carbocycles. The first-order valence-electron chi connectivity index (χ1n) is 8.02. The maximum atomic E-state index is 5.98. The molecule has 0 aliphatic heterocycles. The van der Waals surface area contributed by atoms with Gasteiger partial charge < -0.3 is 20.9 Å². The second-order valence-corrected chi connectivity index (χ2v) is 5.74. The summed E-state index contributed by atoms with van der Waals surface area (Å²) in [5, 5.41) is 0. The van der Waals surface area contributed by atoms with Crippen LogP contribution in [0.1, 0.15) is 34.6 Å². The molecule has 1 unspecified atom stereocenters. The van der Waals surface area contributed by atoms with Crippen LogP contribution in [-0.4, -0.2) is 22.7 Å². The number of nitrogen functional groups attached to an aromatic ring is 2. The summed E-state index contributed by atoms with van der Waals surface area (Å²) < 4.78 is 11.6. The van der Waals surface area contributed by atoms with E-state index in [4.69, 9.17) is 20.9 Å². The molecule has 1 atom stereocenters. The van der Waals surface area contributed by atoms with Crippen LogP contribution in [0.2, 0.25) is 0 Å². The number of hydrogen-bond donors (Lipinski definition) is 2. The van der Waals surface area contributed by atoms with E-state index in [0.29, 0.717) is 18.1 Å². The van der Waals surface area contributed by atoms with Crippen LogP contribution in [0.15, 0.2) is 41.8 Å². The molecule has 0 spiro atoms. The Kier molecular flexibility index (Phi) is 7.45. The third-order valence-electron chi connectivity index (χ3n) is 3.56. The van der Waals surface area contributed by atoms with E-state index in [2.05, 4.69) is 30.4 Å². The van der Waals surface area contributed by atoms with Crippen LogP contribution in [0.5, 0.6) is 5.75 Å². The van der Waals surface area contributed by atoms with Crippen molar-refractivity contribution in [1.82, 2.24) is 9.97 Å². The quantitative estimate of drug-likeness (QED) is 0.559. The van der Waals surface area contributed by atoms with E-state index in [1.165, 1.54) is 6.20 Å². The van der Waals surface area contributed by atoms with Gasteiger partial charge in [0.05, 0.1) is 12.3 Å². The summed E-state index contributed by atoms with van der Waals surface area (Å²) in [4.78, 5) is 7.86. The van der Waals surface area contributed by atoms with Crippen molar-refractivity contribution in [3.05, 3.63) is 41.8 Å². The average molecular weight is 332 g/mol. The summed E-state index contributed by atoms with van der Waals surface area (Å²) in [5.41, 5.74) is 13.4. The smallest absolute Gasteiger partial charge is 0.222 e. The van der Waals surface area contributed by atoms with Crippen LogP contribution in [-0.2, 0) is 4.74 Å². The van der Waals surface area contributed by atoms with Gasteiger partial charge in [-0.2, -0.15) is 4.98 Å². The molecule has 6 heteroatoms. The Morgan fingerprint density at radius 1 is 1.33 bits per heavy atom. The van der Waals surface area contributed by atoms with E-state index >= 15 is 0 Å². The molecule has 0 amide bonds. The lowest BCUT2D eigenvalue weighted by Gasteiger charge is -2.17. The number of allylic oxidation sites excluding steroid dienone is 3. The van der Waals surface area contributed by atoms with Crippen molar-refractivity contribution in [2.75, 3.05) is 18.1 Å². The Balaban J connectivity index is 3.29. The minimum atomic E-state index is -0.0214. The Morgan fingerprint density at radius 3 is 2.50 bits per heavy atom. The van der Waals surface area contributed by atoms with Gasteiger partial charge in [-0.3, -0.25) is 0 Å². The fourth-order valence-electron chi connectivity index (χ4n) is 2.09. The van der Waals surface area contributed by atoms with E-state index in [1.807, 2.05) is 26.8 Å². The summed E-state index contributed by atoms with van der Waals surface area (Å²) in [6.45, 7) is 14.6. The maximum absolute atomic E-state index is 5.98. The van der Waals surface area contributed by atoms with Crippen molar-refractivity contribution in [2.24, 2.45) is 5.92 Å². The van der Waals surface area contributed by atoms with Crippen LogP contribution >= 0.6 is 0 Å². The molecule has 0 saturated carbocycles. The highest BCUT2D eigenvalue weighted by atomic mass is 16.5. The van der Waals surface area contributed by atoms with Crippen LogP contribution in [0, 0.1) is 5.92 Å². The van der Waals surface area contributed by atoms with Gasteiger partial charge in [-0.15, -0.1) is 0 Å². The molecule has 0 bridgehead atoms. The number of ether oxygens (including phenoxy) is 2. The van der Waals surface area contributed by atoms with Gasteiger partial charge in [-0.05, 0) is 43.9 Å². The lowest BCUT2D eigenvalue weighted by atomic mass is 10.0. The van der Waals surface area contributed by atoms with Crippen LogP contribution in [0.25, 0.3) is 0 Å². The third kappa shape index (κ3) is 5.38. The maximum Gasteiger partial charge on any atom is 0.222 e. The predicted octanol–water partition coefficient (Wildman–Crippen LogP) is 3.49. The summed E-state index contributed by atoms with van der Waals surface area (Å²) in [5.74, 6) is 1.52. The number of hydrogen-bond acceptors (Lipinski definition) is 6. The van der Waals surface area contributed by atoms with Crippen molar-refractivity contribution in [3.63, 3.8) is 0 Å². The van der Waals surface area contributed by atoms with E-state index in [9.17, 15) is 0 Å². The topological polar surface area (TPSA) is 96.3 Å². The van der Waals surface area contributed by atoms with E-state index in [1.54, 1.807) is 6.08 Å². The van der Waals surface area contributed by atoms with Gasteiger partial charge in [0.15, 0.2) is 11.6 Å². The van der Waals surface area contributed by atoms with E-state index in [-0.39, 0.29) is 23.8 Å². The van der Waals surface area contributed by atoms with Gasteiger partial charge in [0.1, 0.15) is 5.76 Å². The van der Waals surface area contributed by atoms with Gasteiger partial charge in [0.25, 0.3) is 0 Å². The van der Waals surface area contributed by atoms with E-state index < -0.39 is 0 Å². The van der Waals surface area contributed by atoms with Crippen molar-refractivity contribution in [1.29, 1.82) is 0 Å². The fraction of sp³-hybridized carbons (Fsp3) is 0.444. The van der Waals surface area contributed by atoms with Crippen LogP contribution in [0.4, 0.5) is 11.8 Å². The first kappa shape index (κ1) is 19.7. The summed E-state index contributed by atoms with van der Waals surface area (Å²) >= 11 is 0. The van der Waals surface area contributed by atoms with Crippen molar-refractivity contribution in [3.8, 4) is 5.75 Å². The highest BCUT2D eigenvalue weighted by Crippen LogP contribution is 2.26. The zero-order valence-corrected chi connectivity index (χ0v) is 15.2. The first-order chi connectivity index (χ1) is 11.3. The van der Waals surface area contributed by atoms with Gasteiger partial charge in [0, 0.05) is 6.61 Å². The molecular formula is C18H28N4O2. The minimum absolute atomic E-state index is 0.0214. The minimum Gasteiger partial charge on any atom is -0.452 e. The monoisotopic (exact) mass is 332 g/mol. The molecule has 1 aromatic heterocycles. The number of anilines is 2. The number of aromatic nitrogens is 2. The molecule has 1 aromatic rings. The zero-order valence-electron chi connectivity index (χ0n) is 15.2. The van der Waals surface area contributed by atoms with Gasteiger partial charge >= 0.3 is 0 Å². The van der Waals surface area contributed by atoms with E-state index in [0.717, 1.165) is 11.1 Å². The molecule has 6 nitrogen and oxygen atoms in total. The lowest BCUT2D eigenvalue weighted by molar-refractivity contribution is 0.101. The van der Waals surface area contributed by atoms with Crippen LogP contribution < -0.4 is 16.2 Å². The molecule has 1 rings (SSSR count). The summed E-state index contributed by atoms with van der Waals surface area (Å²) in [7, 11) is 0. The van der Waals surface area contributed by atoms with Crippen molar-refractivity contribution >= 4 is 11.8 Å². The number of rotatable bonds is 8. The molecule has 0 fully saturated rings. The summed E-state index contributed by atoms with van der Waals surface area (Å²) in [6, 6.07) is 0. The largest absolute Gasteiger partial charge is 0.452 e. The standard InChI is InChI=1S/C18H28N4O2/c1-7-14(11(3)4)15(9-12(5)13(6)23-8-2)24-16-10-21-18(20)22-17(16)19/h7,9-11,13H,1,8H2,2-6H3,(H4,19,20,21,22)/b12-9+,15-14-. The Hall–Kier alpha value is -2.34.